The van der Waals surface area contributed by atoms with E-state index in [1.54, 1.807) is 10.6 Å². The first-order valence-corrected chi connectivity index (χ1v) is 6.86. The van der Waals surface area contributed by atoms with Gasteiger partial charge in [0, 0.05) is 18.4 Å². The maximum Gasteiger partial charge on any atom is 0.193 e. The van der Waals surface area contributed by atoms with E-state index in [1.165, 1.54) is 5.56 Å². The number of nitrogens with zero attached hydrogens (tertiary/aromatic N) is 2. The number of halogens is 3. The lowest BCUT2D eigenvalue weighted by Crippen LogP contribution is -2.22. The molecule has 0 aliphatic carbocycles. The van der Waals surface area contributed by atoms with Gasteiger partial charge in [0.15, 0.2) is 5.96 Å². The summed E-state index contributed by atoms with van der Waals surface area (Å²) in [6.45, 7) is 2.44. The van der Waals surface area contributed by atoms with E-state index < -0.39 is 0 Å². The van der Waals surface area contributed by atoms with Gasteiger partial charge in [-0.1, -0.05) is 40.9 Å². The van der Waals surface area contributed by atoms with Crippen molar-refractivity contribution >= 4 is 58.8 Å². The van der Waals surface area contributed by atoms with Crippen LogP contribution in [0.25, 0.3) is 0 Å². The summed E-state index contributed by atoms with van der Waals surface area (Å²) in [5.74, 6) is 0.349. The van der Waals surface area contributed by atoms with Crippen LogP contribution in [0.2, 0.25) is 10.2 Å². The molecule has 0 amide bonds. The zero-order valence-corrected chi connectivity index (χ0v) is 15.6. The van der Waals surface area contributed by atoms with Gasteiger partial charge >= 0.3 is 0 Å². The number of aryl methyl sites for hydroxylation is 1. The smallest absolute Gasteiger partial charge is 0.193 e. The monoisotopic (exact) mass is 438 g/mol. The highest BCUT2D eigenvalue weighted by molar-refractivity contribution is 14.0. The summed E-state index contributed by atoms with van der Waals surface area (Å²) < 4.78 is 1.78. The van der Waals surface area contributed by atoms with Crippen molar-refractivity contribution in [2.75, 3.05) is 5.32 Å². The van der Waals surface area contributed by atoms with Crippen LogP contribution in [0.15, 0.2) is 35.3 Å². The lowest BCUT2D eigenvalue weighted by atomic mass is 10.2. The van der Waals surface area contributed by atoms with Crippen molar-refractivity contribution in [3.8, 4) is 0 Å². The minimum absolute atomic E-state index is 0. The number of aromatic nitrogens is 1. The van der Waals surface area contributed by atoms with E-state index in [-0.39, 0.29) is 24.0 Å². The Hall–Kier alpha value is -0.920. The van der Waals surface area contributed by atoms with E-state index in [4.69, 9.17) is 28.9 Å². The van der Waals surface area contributed by atoms with Crippen LogP contribution in [0.3, 0.4) is 0 Å². The molecule has 21 heavy (non-hydrogen) atoms. The number of rotatable bonds is 3. The molecule has 0 aliphatic rings. The van der Waals surface area contributed by atoms with Crippen LogP contribution in [0.4, 0.5) is 5.69 Å². The van der Waals surface area contributed by atoms with Crippen molar-refractivity contribution in [2.24, 2.45) is 17.8 Å². The molecule has 0 saturated carbocycles. The zero-order chi connectivity index (χ0) is 14.7. The second kappa shape index (κ2) is 7.91. The average molecular weight is 439 g/mol. The minimum Gasteiger partial charge on any atom is -0.370 e. The highest BCUT2D eigenvalue weighted by Gasteiger charge is 2.08. The molecule has 3 N–H and O–H groups in total. The third-order valence-corrected chi connectivity index (χ3v) is 3.79. The quantitative estimate of drug-likeness (QED) is 0.429. The Morgan fingerprint density at radius 3 is 2.43 bits per heavy atom. The number of hydrogen-bond acceptors (Lipinski definition) is 1. The lowest BCUT2D eigenvalue weighted by Gasteiger charge is -2.06. The fourth-order valence-electron chi connectivity index (χ4n) is 1.73. The first-order chi connectivity index (χ1) is 9.47. The minimum atomic E-state index is 0. The SMILES string of the molecule is Cc1ccc(NC(N)=NCc2cc(Cl)c(Cl)n2C)cc1.I. The number of anilines is 1. The zero-order valence-electron chi connectivity index (χ0n) is 11.7. The van der Waals surface area contributed by atoms with Gasteiger partial charge in [0.2, 0.25) is 0 Å². The van der Waals surface area contributed by atoms with Gasteiger partial charge < -0.3 is 15.6 Å². The van der Waals surface area contributed by atoms with Crippen molar-refractivity contribution < 1.29 is 0 Å². The van der Waals surface area contributed by atoms with Gasteiger partial charge in [0.1, 0.15) is 5.15 Å². The van der Waals surface area contributed by atoms with Gasteiger partial charge in [-0.2, -0.15) is 0 Å². The highest BCUT2D eigenvalue weighted by atomic mass is 127. The Labute approximate surface area is 151 Å². The third kappa shape index (κ3) is 4.79. The van der Waals surface area contributed by atoms with Crippen LogP contribution in [-0.4, -0.2) is 10.5 Å². The van der Waals surface area contributed by atoms with Crippen LogP contribution in [0.5, 0.6) is 0 Å². The summed E-state index contributed by atoms with van der Waals surface area (Å²) in [5.41, 5.74) is 8.84. The first-order valence-electron chi connectivity index (χ1n) is 6.10. The number of guanidine groups is 1. The summed E-state index contributed by atoms with van der Waals surface area (Å²) in [6.07, 6.45) is 0. The molecule has 0 atom stereocenters. The second-order valence-electron chi connectivity index (χ2n) is 4.53. The van der Waals surface area contributed by atoms with Gasteiger partial charge in [0.25, 0.3) is 0 Å². The molecule has 1 aromatic carbocycles. The molecule has 2 aromatic rings. The molecular weight excluding hydrogens is 422 g/mol. The number of benzene rings is 1. The molecule has 0 aliphatic heterocycles. The molecule has 1 heterocycles. The highest BCUT2D eigenvalue weighted by Crippen LogP contribution is 2.25. The fraction of sp³-hybridized carbons (Fsp3) is 0.214. The van der Waals surface area contributed by atoms with E-state index in [9.17, 15) is 0 Å². The molecule has 0 spiro atoms. The fourth-order valence-corrected chi connectivity index (χ4v) is 2.15. The number of aliphatic imine (C=N–C) groups is 1. The van der Waals surface area contributed by atoms with Crippen molar-refractivity contribution in [3.63, 3.8) is 0 Å². The number of nitrogens with one attached hydrogen (secondary N) is 1. The van der Waals surface area contributed by atoms with Gasteiger partial charge in [-0.25, -0.2) is 4.99 Å². The van der Waals surface area contributed by atoms with Crippen LogP contribution >= 0.6 is 47.2 Å². The summed E-state index contributed by atoms with van der Waals surface area (Å²) >= 11 is 11.9. The molecule has 7 heteroatoms. The average Bonchev–Trinajstić information content (AvgIpc) is 2.66. The van der Waals surface area contributed by atoms with E-state index >= 15 is 0 Å². The molecule has 4 nitrogen and oxygen atoms in total. The maximum absolute atomic E-state index is 5.99. The molecule has 0 unspecified atom stereocenters. The largest absolute Gasteiger partial charge is 0.370 e. The molecular formula is C14H17Cl2IN4. The third-order valence-electron chi connectivity index (χ3n) is 2.95. The molecule has 0 radical (unpaired) electrons. The van der Waals surface area contributed by atoms with Gasteiger partial charge in [-0.15, -0.1) is 24.0 Å². The van der Waals surface area contributed by atoms with E-state index in [0.29, 0.717) is 22.7 Å². The van der Waals surface area contributed by atoms with Gasteiger partial charge in [-0.3, -0.25) is 0 Å². The second-order valence-corrected chi connectivity index (χ2v) is 5.29. The predicted octanol–water partition coefficient (Wildman–Crippen LogP) is 4.19. The topological polar surface area (TPSA) is 55.3 Å². The maximum atomic E-state index is 5.99. The Morgan fingerprint density at radius 2 is 1.90 bits per heavy atom. The van der Waals surface area contributed by atoms with Crippen molar-refractivity contribution in [1.29, 1.82) is 0 Å². The van der Waals surface area contributed by atoms with E-state index in [1.807, 2.05) is 38.2 Å². The molecule has 1 aromatic heterocycles. The Morgan fingerprint density at radius 1 is 1.29 bits per heavy atom. The predicted molar refractivity (Wildman–Crippen MR) is 101 cm³/mol. The van der Waals surface area contributed by atoms with E-state index in [2.05, 4.69) is 10.3 Å². The summed E-state index contributed by atoms with van der Waals surface area (Å²) in [4.78, 5) is 4.27. The van der Waals surface area contributed by atoms with Gasteiger partial charge in [-0.05, 0) is 25.1 Å². The van der Waals surface area contributed by atoms with Crippen LogP contribution in [-0.2, 0) is 13.6 Å². The van der Waals surface area contributed by atoms with E-state index in [0.717, 1.165) is 11.4 Å². The van der Waals surface area contributed by atoms with Crippen LogP contribution in [0.1, 0.15) is 11.3 Å². The Balaban J connectivity index is 0.00000220. The first kappa shape index (κ1) is 18.1. The number of nitrogens with two attached hydrogens (primary N) is 1. The van der Waals surface area contributed by atoms with Crippen molar-refractivity contribution in [2.45, 2.75) is 13.5 Å². The molecule has 0 fully saturated rings. The normalized spacial score (nSPS) is 11.1. The summed E-state index contributed by atoms with van der Waals surface area (Å²) in [5, 5.41) is 4.05. The van der Waals surface area contributed by atoms with Crippen molar-refractivity contribution in [1.82, 2.24) is 4.57 Å². The molecule has 0 saturated heterocycles. The van der Waals surface area contributed by atoms with Crippen molar-refractivity contribution in [3.05, 3.63) is 51.8 Å². The van der Waals surface area contributed by atoms with Crippen LogP contribution in [0, 0.1) is 6.92 Å². The lowest BCUT2D eigenvalue weighted by molar-refractivity contribution is 0.825. The molecule has 0 bridgehead atoms. The van der Waals surface area contributed by atoms with Crippen LogP contribution < -0.4 is 11.1 Å². The molecule has 2 rings (SSSR count). The standard InChI is InChI=1S/C14H16Cl2N4.HI/c1-9-3-5-10(6-4-9)19-14(17)18-8-11-7-12(15)13(16)20(11)2;/h3-7H,8H2,1-2H3,(H3,17,18,19);1H. The summed E-state index contributed by atoms with van der Waals surface area (Å²) in [6, 6.07) is 9.70. The number of hydrogen-bond donors (Lipinski definition) is 2. The molecule has 114 valence electrons. The van der Waals surface area contributed by atoms with Gasteiger partial charge in [0.05, 0.1) is 11.6 Å². The Kier molecular flexibility index (Phi) is 6.83. The Bertz CT molecular complexity index is 635. The summed E-state index contributed by atoms with van der Waals surface area (Å²) in [7, 11) is 1.84.